The maximum atomic E-state index is 5.79. The Morgan fingerprint density at radius 2 is 2.31 bits per heavy atom. The molecule has 3 rings (SSSR count). The molecule has 0 aliphatic carbocycles. The highest BCUT2D eigenvalue weighted by Gasteiger charge is 2.19. The lowest BCUT2D eigenvalue weighted by atomic mass is 10.1. The smallest absolute Gasteiger partial charge is 0.212 e. The first-order chi connectivity index (χ1) is 7.83. The topological polar surface area (TPSA) is 38.1 Å². The van der Waals surface area contributed by atoms with E-state index in [9.17, 15) is 0 Å². The van der Waals surface area contributed by atoms with Gasteiger partial charge in [0.15, 0.2) is 5.58 Å². The Bertz CT molecular complexity index is 498. The zero-order valence-electron chi connectivity index (χ0n) is 9.49. The molecule has 0 bridgehead atoms. The van der Waals surface area contributed by atoms with Crippen LogP contribution in [0.25, 0.3) is 11.1 Å². The van der Waals surface area contributed by atoms with Crippen molar-refractivity contribution in [2.75, 3.05) is 6.54 Å². The van der Waals surface area contributed by atoms with Gasteiger partial charge in [0, 0.05) is 0 Å². The van der Waals surface area contributed by atoms with E-state index in [1.165, 1.54) is 18.4 Å². The van der Waals surface area contributed by atoms with Crippen LogP contribution < -0.4 is 5.32 Å². The zero-order chi connectivity index (χ0) is 11.0. The number of aromatic nitrogens is 1. The highest BCUT2D eigenvalue weighted by atomic mass is 16.3. The second-order valence-corrected chi connectivity index (χ2v) is 4.53. The number of hydrogen-bond donors (Lipinski definition) is 1. The van der Waals surface area contributed by atoms with Gasteiger partial charge in [-0.2, -0.15) is 0 Å². The molecule has 16 heavy (non-hydrogen) atoms. The van der Waals surface area contributed by atoms with E-state index in [4.69, 9.17) is 4.42 Å². The van der Waals surface area contributed by atoms with Crippen molar-refractivity contribution in [1.29, 1.82) is 0 Å². The SMILES string of the molecule is Cc1ccc2oc(C3CCCCN3)nc2c1. The van der Waals surface area contributed by atoms with Crippen LogP contribution >= 0.6 is 0 Å². The van der Waals surface area contributed by atoms with Crippen LogP contribution in [0.4, 0.5) is 0 Å². The minimum Gasteiger partial charge on any atom is -0.439 e. The van der Waals surface area contributed by atoms with Crippen LogP contribution in [0, 0.1) is 6.92 Å². The quantitative estimate of drug-likeness (QED) is 0.796. The van der Waals surface area contributed by atoms with Gasteiger partial charge in [-0.1, -0.05) is 12.5 Å². The average Bonchev–Trinajstić information content (AvgIpc) is 2.73. The van der Waals surface area contributed by atoms with Gasteiger partial charge >= 0.3 is 0 Å². The first-order valence-corrected chi connectivity index (χ1v) is 5.93. The Hall–Kier alpha value is -1.35. The number of hydrogen-bond acceptors (Lipinski definition) is 3. The lowest BCUT2D eigenvalue weighted by molar-refractivity contribution is 0.347. The molecule has 2 aromatic rings. The molecular formula is C13H16N2O. The molecule has 1 atom stereocenters. The lowest BCUT2D eigenvalue weighted by Crippen LogP contribution is -2.26. The molecule has 3 nitrogen and oxygen atoms in total. The third kappa shape index (κ3) is 1.71. The second-order valence-electron chi connectivity index (χ2n) is 4.53. The fraction of sp³-hybridized carbons (Fsp3) is 0.462. The molecule has 1 N–H and O–H groups in total. The molecule has 0 saturated carbocycles. The van der Waals surface area contributed by atoms with Crippen molar-refractivity contribution in [2.45, 2.75) is 32.2 Å². The van der Waals surface area contributed by atoms with Crippen molar-refractivity contribution >= 4 is 11.1 Å². The monoisotopic (exact) mass is 216 g/mol. The molecule has 1 fully saturated rings. The van der Waals surface area contributed by atoms with Gasteiger partial charge < -0.3 is 9.73 Å². The number of fused-ring (bicyclic) bond motifs is 1. The summed E-state index contributed by atoms with van der Waals surface area (Å²) in [7, 11) is 0. The largest absolute Gasteiger partial charge is 0.439 e. The molecule has 1 saturated heterocycles. The predicted molar refractivity (Wildman–Crippen MR) is 63.3 cm³/mol. The summed E-state index contributed by atoms with van der Waals surface area (Å²) in [6.45, 7) is 3.15. The van der Waals surface area contributed by atoms with E-state index in [0.29, 0.717) is 6.04 Å². The molecule has 0 spiro atoms. The summed E-state index contributed by atoms with van der Waals surface area (Å²) < 4.78 is 5.79. The van der Waals surface area contributed by atoms with E-state index < -0.39 is 0 Å². The average molecular weight is 216 g/mol. The molecule has 1 aliphatic heterocycles. The predicted octanol–water partition coefficient (Wildman–Crippen LogP) is 2.95. The molecule has 84 valence electrons. The molecule has 1 aromatic carbocycles. The van der Waals surface area contributed by atoms with E-state index in [0.717, 1.165) is 30.0 Å². The van der Waals surface area contributed by atoms with E-state index in [1.54, 1.807) is 0 Å². The van der Waals surface area contributed by atoms with Crippen LogP contribution in [-0.4, -0.2) is 11.5 Å². The van der Waals surface area contributed by atoms with Gasteiger partial charge in [0.25, 0.3) is 0 Å². The summed E-state index contributed by atoms with van der Waals surface area (Å²) in [6.07, 6.45) is 3.65. The van der Waals surface area contributed by atoms with Crippen molar-refractivity contribution < 1.29 is 4.42 Å². The molecule has 2 heterocycles. The van der Waals surface area contributed by atoms with Gasteiger partial charge in [-0.05, 0) is 44.0 Å². The third-order valence-electron chi connectivity index (χ3n) is 3.17. The van der Waals surface area contributed by atoms with Crippen molar-refractivity contribution in [2.24, 2.45) is 0 Å². The molecule has 0 radical (unpaired) electrons. The maximum Gasteiger partial charge on any atom is 0.212 e. The zero-order valence-corrected chi connectivity index (χ0v) is 9.49. The van der Waals surface area contributed by atoms with Gasteiger partial charge in [0.2, 0.25) is 5.89 Å². The first kappa shape index (κ1) is 9.85. The number of nitrogens with one attached hydrogen (secondary N) is 1. The first-order valence-electron chi connectivity index (χ1n) is 5.93. The molecular weight excluding hydrogens is 200 g/mol. The van der Waals surface area contributed by atoms with E-state index in [2.05, 4.69) is 29.4 Å². The van der Waals surface area contributed by atoms with Gasteiger partial charge in [-0.25, -0.2) is 4.98 Å². The minimum absolute atomic E-state index is 0.307. The molecule has 3 heteroatoms. The van der Waals surface area contributed by atoms with Crippen molar-refractivity contribution in [3.05, 3.63) is 29.7 Å². The molecule has 1 unspecified atom stereocenters. The Balaban J connectivity index is 1.97. The highest BCUT2D eigenvalue weighted by molar-refractivity contribution is 5.73. The van der Waals surface area contributed by atoms with E-state index >= 15 is 0 Å². The molecule has 1 aromatic heterocycles. The van der Waals surface area contributed by atoms with Crippen LogP contribution in [0.15, 0.2) is 22.6 Å². The van der Waals surface area contributed by atoms with Crippen LogP contribution in [0.2, 0.25) is 0 Å². The van der Waals surface area contributed by atoms with Crippen molar-refractivity contribution in [3.8, 4) is 0 Å². The van der Waals surface area contributed by atoms with E-state index in [-0.39, 0.29) is 0 Å². The minimum atomic E-state index is 0.307. The Morgan fingerprint density at radius 1 is 1.38 bits per heavy atom. The van der Waals surface area contributed by atoms with Crippen LogP contribution in [0.1, 0.15) is 36.8 Å². The number of aryl methyl sites for hydroxylation is 1. The van der Waals surface area contributed by atoms with Gasteiger partial charge in [-0.15, -0.1) is 0 Å². The highest BCUT2D eigenvalue weighted by Crippen LogP contribution is 2.26. The number of nitrogens with zero attached hydrogens (tertiary/aromatic N) is 1. The Labute approximate surface area is 94.9 Å². The summed E-state index contributed by atoms with van der Waals surface area (Å²) in [5.41, 5.74) is 3.10. The summed E-state index contributed by atoms with van der Waals surface area (Å²) in [6, 6.07) is 6.45. The standard InChI is InChI=1S/C13H16N2O/c1-9-5-6-12-11(8-9)15-13(16-12)10-4-2-3-7-14-10/h5-6,8,10,14H,2-4,7H2,1H3. The fourth-order valence-corrected chi connectivity index (χ4v) is 2.27. The van der Waals surface area contributed by atoms with Crippen molar-refractivity contribution in [3.63, 3.8) is 0 Å². The van der Waals surface area contributed by atoms with Crippen LogP contribution in [0.5, 0.6) is 0 Å². The summed E-state index contributed by atoms with van der Waals surface area (Å²) in [5, 5.41) is 3.45. The third-order valence-corrected chi connectivity index (χ3v) is 3.17. The summed E-state index contributed by atoms with van der Waals surface area (Å²) in [4.78, 5) is 4.57. The van der Waals surface area contributed by atoms with Crippen LogP contribution in [0.3, 0.4) is 0 Å². The molecule has 1 aliphatic rings. The van der Waals surface area contributed by atoms with Crippen LogP contribution in [-0.2, 0) is 0 Å². The van der Waals surface area contributed by atoms with Gasteiger partial charge in [0.05, 0.1) is 6.04 Å². The Kier molecular flexibility index (Phi) is 2.40. The maximum absolute atomic E-state index is 5.79. The fourth-order valence-electron chi connectivity index (χ4n) is 2.27. The molecule has 0 amide bonds. The Morgan fingerprint density at radius 3 is 3.12 bits per heavy atom. The lowest BCUT2D eigenvalue weighted by Gasteiger charge is -2.19. The summed E-state index contributed by atoms with van der Waals surface area (Å²) >= 11 is 0. The number of benzene rings is 1. The summed E-state index contributed by atoms with van der Waals surface area (Å²) in [5.74, 6) is 0.848. The number of rotatable bonds is 1. The second kappa shape index (κ2) is 3.91. The van der Waals surface area contributed by atoms with Crippen molar-refractivity contribution in [1.82, 2.24) is 10.3 Å². The normalized spacial score (nSPS) is 21.4. The number of piperidine rings is 1. The van der Waals surface area contributed by atoms with E-state index in [1.807, 2.05) is 6.07 Å². The van der Waals surface area contributed by atoms with Gasteiger partial charge in [0.1, 0.15) is 5.52 Å². The number of oxazole rings is 1. The van der Waals surface area contributed by atoms with Gasteiger partial charge in [-0.3, -0.25) is 0 Å².